The number of unbranched alkanes of at least 4 members (excludes halogenated alkanes) is 1. The lowest BCUT2D eigenvalue weighted by Crippen LogP contribution is -2.48. The van der Waals surface area contributed by atoms with Crippen LogP contribution in [0.25, 0.3) is 0 Å². The summed E-state index contributed by atoms with van der Waals surface area (Å²) in [5.74, 6) is -0.0699. The number of amides is 2. The topological polar surface area (TPSA) is 43.9 Å². The summed E-state index contributed by atoms with van der Waals surface area (Å²) in [6.45, 7) is 5.00. The average Bonchev–Trinajstić information content (AvgIpc) is 3.15. The molecular formula is C23H33ClFN3O2. The fourth-order valence-electron chi connectivity index (χ4n) is 5.29. The van der Waals surface area contributed by atoms with Gasteiger partial charge in [0.15, 0.2) is 0 Å². The molecule has 1 saturated carbocycles. The highest BCUT2D eigenvalue weighted by Crippen LogP contribution is 2.46. The molecule has 166 valence electrons. The zero-order chi connectivity index (χ0) is 20.3. The summed E-state index contributed by atoms with van der Waals surface area (Å²) in [5.41, 5.74) is 0.678. The van der Waals surface area contributed by atoms with Crippen LogP contribution in [0.3, 0.4) is 0 Å². The number of nitrogens with zero attached hydrogens (tertiary/aromatic N) is 3. The van der Waals surface area contributed by atoms with E-state index in [9.17, 15) is 14.0 Å². The molecule has 1 aromatic rings. The molecule has 2 heterocycles. The van der Waals surface area contributed by atoms with E-state index >= 15 is 0 Å². The van der Waals surface area contributed by atoms with Crippen molar-refractivity contribution in [3.63, 3.8) is 0 Å². The minimum absolute atomic E-state index is 0. The van der Waals surface area contributed by atoms with Crippen LogP contribution >= 0.6 is 12.4 Å². The van der Waals surface area contributed by atoms with E-state index < -0.39 is 0 Å². The first-order valence-corrected chi connectivity index (χ1v) is 11.1. The minimum Gasteiger partial charge on any atom is -0.367 e. The highest BCUT2D eigenvalue weighted by molar-refractivity contribution is 5.98. The highest BCUT2D eigenvalue weighted by Gasteiger charge is 2.44. The number of imide groups is 1. The van der Waals surface area contributed by atoms with Crippen molar-refractivity contribution >= 4 is 29.9 Å². The van der Waals surface area contributed by atoms with E-state index in [0.717, 1.165) is 71.2 Å². The third-order valence-corrected chi connectivity index (χ3v) is 6.99. The molecule has 2 amide bonds. The van der Waals surface area contributed by atoms with Crippen LogP contribution in [0.5, 0.6) is 0 Å². The van der Waals surface area contributed by atoms with Crippen molar-refractivity contribution < 1.29 is 14.0 Å². The van der Waals surface area contributed by atoms with Crippen molar-refractivity contribution in [3.8, 4) is 0 Å². The minimum atomic E-state index is -0.156. The maximum atomic E-state index is 13.9. The normalized spacial score (nSPS) is 21.9. The van der Waals surface area contributed by atoms with E-state index in [-0.39, 0.29) is 35.5 Å². The Morgan fingerprint density at radius 2 is 1.47 bits per heavy atom. The first-order valence-electron chi connectivity index (χ1n) is 11.1. The summed E-state index contributed by atoms with van der Waals surface area (Å²) in [4.78, 5) is 31.1. The Labute approximate surface area is 185 Å². The second-order valence-electron chi connectivity index (χ2n) is 8.99. The molecule has 0 N–H and O–H groups in total. The van der Waals surface area contributed by atoms with Crippen LogP contribution in [0.4, 0.5) is 10.1 Å². The Hall–Kier alpha value is -1.66. The molecule has 1 aliphatic carbocycles. The van der Waals surface area contributed by atoms with Crippen molar-refractivity contribution in [2.75, 3.05) is 44.2 Å². The number of hydrogen-bond donors (Lipinski definition) is 0. The number of likely N-dealkylation sites (tertiary alicyclic amines) is 1. The lowest BCUT2D eigenvalue weighted by atomic mass is 9.76. The maximum absolute atomic E-state index is 13.9. The highest BCUT2D eigenvalue weighted by atomic mass is 35.5. The van der Waals surface area contributed by atoms with Gasteiger partial charge in [0.1, 0.15) is 5.82 Å². The number of carbonyl (C=O) groups excluding carboxylic acids is 2. The van der Waals surface area contributed by atoms with Crippen LogP contribution in [-0.4, -0.2) is 60.9 Å². The van der Waals surface area contributed by atoms with Gasteiger partial charge in [-0.25, -0.2) is 4.39 Å². The predicted octanol–water partition coefficient (Wildman–Crippen LogP) is 3.86. The predicted molar refractivity (Wildman–Crippen MR) is 118 cm³/mol. The van der Waals surface area contributed by atoms with Gasteiger partial charge < -0.3 is 4.90 Å². The van der Waals surface area contributed by atoms with E-state index in [1.807, 2.05) is 12.1 Å². The van der Waals surface area contributed by atoms with Crippen LogP contribution < -0.4 is 4.90 Å². The summed E-state index contributed by atoms with van der Waals surface area (Å²) < 4.78 is 13.9. The largest absolute Gasteiger partial charge is 0.367 e. The fraction of sp³-hybridized carbons (Fsp3) is 0.652. The summed E-state index contributed by atoms with van der Waals surface area (Å²) in [5, 5.41) is 0. The number of anilines is 1. The van der Waals surface area contributed by atoms with Crippen molar-refractivity contribution in [1.29, 1.82) is 0 Å². The summed E-state index contributed by atoms with van der Waals surface area (Å²) in [7, 11) is 0. The number of hydrogen-bond acceptors (Lipinski definition) is 4. The molecule has 2 aliphatic heterocycles. The van der Waals surface area contributed by atoms with Gasteiger partial charge in [0.05, 0.1) is 5.69 Å². The number of benzene rings is 1. The van der Waals surface area contributed by atoms with E-state index in [2.05, 4.69) is 9.80 Å². The number of piperazine rings is 1. The molecule has 0 unspecified atom stereocenters. The molecule has 0 aromatic heterocycles. The molecule has 1 aromatic carbocycles. The third-order valence-electron chi connectivity index (χ3n) is 6.99. The smallest absolute Gasteiger partial charge is 0.229 e. The second kappa shape index (κ2) is 10.1. The van der Waals surface area contributed by atoms with E-state index in [1.54, 1.807) is 6.07 Å². The maximum Gasteiger partial charge on any atom is 0.229 e. The molecule has 0 bridgehead atoms. The molecule has 7 heteroatoms. The molecule has 3 aliphatic rings. The Morgan fingerprint density at radius 3 is 2.10 bits per heavy atom. The van der Waals surface area contributed by atoms with Crippen molar-refractivity contribution in [3.05, 3.63) is 30.1 Å². The Kier molecular flexibility index (Phi) is 7.75. The number of para-hydroxylation sites is 1. The zero-order valence-electron chi connectivity index (χ0n) is 17.7. The molecular weight excluding hydrogens is 405 g/mol. The van der Waals surface area contributed by atoms with Gasteiger partial charge in [-0.1, -0.05) is 25.0 Å². The van der Waals surface area contributed by atoms with Gasteiger partial charge in [0.2, 0.25) is 11.8 Å². The third kappa shape index (κ3) is 5.14. The van der Waals surface area contributed by atoms with Crippen molar-refractivity contribution in [2.45, 2.75) is 51.4 Å². The number of rotatable bonds is 6. The monoisotopic (exact) mass is 437 g/mol. The number of carbonyl (C=O) groups is 2. The van der Waals surface area contributed by atoms with Gasteiger partial charge in [0.25, 0.3) is 0 Å². The van der Waals surface area contributed by atoms with Gasteiger partial charge >= 0.3 is 0 Å². The fourth-order valence-corrected chi connectivity index (χ4v) is 5.29. The van der Waals surface area contributed by atoms with Gasteiger partial charge in [-0.3, -0.25) is 19.4 Å². The second-order valence-corrected chi connectivity index (χ2v) is 8.99. The molecule has 4 rings (SSSR count). The first kappa shape index (κ1) is 23.0. The van der Waals surface area contributed by atoms with E-state index in [1.165, 1.54) is 11.0 Å². The van der Waals surface area contributed by atoms with Crippen LogP contribution in [0.2, 0.25) is 0 Å². The number of piperidine rings is 1. The quantitative estimate of drug-likeness (QED) is 0.500. The van der Waals surface area contributed by atoms with Crippen molar-refractivity contribution in [2.24, 2.45) is 5.41 Å². The summed E-state index contributed by atoms with van der Waals surface area (Å²) in [6, 6.07) is 6.95. The number of halogens is 2. The summed E-state index contributed by atoms with van der Waals surface area (Å²) >= 11 is 0. The van der Waals surface area contributed by atoms with Gasteiger partial charge in [0, 0.05) is 45.6 Å². The van der Waals surface area contributed by atoms with E-state index in [4.69, 9.17) is 0 Å². The Bertz CT molecular complexity index is 726. The molecule has 0 atom stereocenters. The van der Waals surface area contributed by atoms with Crippen molar-refractivity contribution in [1.82, 2.24) is 9.80 Å². The molecule has 5 nitrogen and oxygen atoms in total. The SMILES string of the molecule is Cl.O=C1CC2(CCCC2)CC(=O)N1CCCCN1CCN(c2ccccc2F)CC1. The molecule has 2 saturated heterocycles. The standard InChI is InChI=1S/C23H32FN3O2.ClH/c24-19-7-1-2-8-20(19)26-15-13-25(14-16-26)11-5-6-12-27-21(28)17-23(18-22(27)29)9-3-4-10-23;/h1-2,7-8H,3-6,9-18H2;1H. The molecule has 3 fully saturated rings. The lowest BCUT2D eigenvalue weighted by Gasteiger charge is -2.37. The van der Waals surface area contributed by atoms with E-state index in [0.29, 0.717) is 25.1 Å². The molecule has 1 spiro atoms. The first-order chi connectivity index (χ1) is 14.1. The Morgan fingerprint density at radius 1 is 0.867 bits per heavy atom. The Balaban J connectivity index is 0.00000256. The average molecular weight is 438 g/mol. The van der Waals surface area contributed by atoms with Crippen LogP contribution in [0.15, 0.2) is 24.3 Å². The summed E-state index contributed by atoms with van der Waals surface area (Å²) in [6.07, 6.45) is 7.36. The van der Waals surface area contributed by atoms with Gasteiger partial charge in [-0.05, 0) is 49.8 Å². The zero-order valence-corrected chi connectivity index (χ0v) is 18.5. The van der Waals surface area contributed by atoms with Crippen LogP contribution in [0, 0.1) is 11.2 Å². The van der Waals surface area contributed by atoms with Gasteiger partial charge in [-0.15, -0.1) is 12.4 Å². The van der Waals surface area contributed by atoms with Crippen LogP contribution in [-0.2, 0) is 9.59 Å². The van der Waals surface area contributed by atoms with Crippen LogP contribution in [0.1, 0.15) is 51.4 Å². The molecule has 0 radical (unpaired) electrons. The molecule has 30 heavy (non-hydrogen) atoms. The lowest BCUT2D eigenvalue weighted by molar-refractivity contribution is -0.153. The van der Waals surface area contributed by atoms with Gasteiger partial charge in [-0.2, -0.15) is 0 Å².